The molecule has 1 N–H and O–H groups in total. The summed E-state index contributed by atoms with van der Waals surface area (Å²) in [6.07, 6.45) is 4.81. The maximum absolute atomic E-state index is 11.1. The van der Waals surface area contributed by atoms with E-state index in [4.69, 9.17) is 9.84 Å². The number of hydrogen-bond acceptors (Lipinski definition) is 3. The molecule has 20 heavy (non-hydrogen) atoms. The van der Waals surface area contributed by atoms with Crippen LogP contribution in [0.4, 0.5) is 5.69 Å². The summed E-state index contributed by atoms with van der Waals surface area (Å²) in [6, 6.07) is 5.92. The van der Waals surface area contributed by atoms with Gasteiger partial charge in [-0.2, -0.15) is 0 Å². The second-order valence-corrected chi connectivity index (χ2v) is 5.33. The van der Waals surface area contributed by atoms with Gasteiger partial charge >= 0.3 is 5.97 Å². The molecule has 1 aliphatic rings. The molecule has 1 aromatic carbocycles. The minimum atomic E-state index is -0.889. The maximum atomic E-state index is 11.1. The van der Waals surface area contributed by atoms with Crippen LogP contribution in [0.2, 0.25) is 0 Å². The number of carboxylic acid groups (broad SMARTS) is 1. The molecular formula is C16H23NO3. The largest absolute Gasteiger partial charge is 0.478 e. The zero-order valence-corrected chi connectivity index (χ0v) is 12.3. The van der Waals surface area contributed by atoms with Gasteiger partial charge in [0.2, 0.25) is 0 Å². The summed E-state index contributed by atoms with van der Waals surface area (Å²) in [5, 5.41) is 9.12. The number of aromatic carboxylic acids is 1. The highest BCUT2D eigenvalue weighted by Gasteiger charge is 2.23. The highest BCUT2D eigenvalue weighted by atomic mass is 16.5. The number of benzene rings is 1. The molecule has 1 saturated heterocycles. The standard InChI is InChI=1S/C16H23NO3/c1-3-14-6-4-5-9-17(14)15-8-7-12(16(18)19)10-13(15)11-20-2/h7-8,10,14H,3-6,9,11H2,1-2H3,(H,18,19)/t14-/m0/s1. The topological polar surface area (TPSA) is 49.8 Å². The van der Waals surface area contributed by atoms with Gasteiger partial charge in [-0.3, -0.25) is 0 Å². The third-order valence-electron chi connectivity index (χ3n) is 4.03. The van der Waals surface area contributed by atoms with Crippen molar-refractivity contribution in [3.05, 3.63) is 29.3 Å². The predicted octanol–water partition coefficient (Wildman–Crippen LogP) is 3.30. The van der Waals surface area contributed by atoms with Crippen LogP contribution in [0.25, 0.3) is 0 Å². The van der Waals surface area contributed by atoms with E-state index >= 15 is 0 Å². The summed E-state index contributed by atoms with van der Waals surface area (Å²) >= 11 is 0. The van der Waals surface area contributed by atoms with Crippen molar-refractivity contribution in [3.8, 4) is 0 Å². The van der Waals surface area contributed by atoms with E-state index in [2.05, 4.69) is 11.8 Å². The lowest BCUT2D eigenvalue weighted by molar-refractivity contribution is 0.0696. The van der Waals surface area contributed by atoms with Crippen molar-refractivity contribution < 1.29 is 14.6 Å². The van der Waals surface area contributed by atoms with Crippen LogP contribution in [0, 0.1) is 0 Å². The first-order chi connectivity index (χ1) is 9.67. The van der Waals surface area contributed by atoms with Crippen LogP contribution in [0.5, 0.6) is 0 Å². The molecule has 1 aliphatic heterocycles. The van der Waals surface area contributed by atoms with Gasteiger partial charge in [0.25, 0.3) is 0 Å². The lowest BCUT2D eigenvalue weighted by Crippen LogP contribution is -2.39. The average Bonchev–Trinajstić information content (AvgIpc) is 2.47. The smallest absolute Gasteiger partial charge is 0.335 e. The Bertz CT molecular complexity index is 473. The van der Waals surface area contributed by atoms with E-state index in [0.29, 0.717) is 18.2 Å². The van der Waals surface area contributed by atoms with Gasteiger partial charge in [0.15, 0.2) is 0 Å². The molecule has 0 aromatic heterocycles. The molecule has 0 unspecified atom stereocenters. The molecule has 110 valence electrons. The molecule has 0 spiro atoms. The summed E-state index contributed by atoms with van der Waals surface area (Å²) in [7, 11) is 1.64. The number of piperidine rings is 1. The van der Waals surface area contributed by atoms with E-state index in [9.17, 15) is 4.79 Å². The van der Waals surface area contributed by atoms with Crippen molar-refractivity contribution >= 4 is 11.7 Å². The number of carboxylic acids is 1. The lowest BCUT2D eigenvalue weighted by atomic mass is 9.97. The number of anilines is 1. The summed E-state index contributed by atoms with van der Waals surface area (Å²) in [5.74, 6) is -0.889. The molecule has 1 aromatic rings. The van der Waals surface area contributed by atoms with Crippen molar-refractivity contribution in [2.24, 2.45) is 0 Å². The van der Waals surface area contributed by atoms with E-state index in [1.165, 1.54) is 19.3 Å². The predicted molar refractivity (Wildman–Crippen MR) is 79.4 cm³/mol. The van der Waals surface area contributed by atoms with Crippen LogP contribution in [-0.2, 0) is 11.3 Å². The highest BCUT2D eigenvalue weighted by molar-refractivity contribution is 5.88. The van der Waals surface area contributed by atoms with E-state index in [0.717, 1.165) is 24.2 Å². The lowest BCUT2D eigenvalue weighted by Gasteiger charge is -2.38. The SMILES string of the molecule is CC[C@H]1CCCCN1c1ccc(C(=O)O)cc1COC. The second kappa shape index (κ2) is 6.75. The number of carbonyl (C=O) groups is 1. The summed E-state index contributed by atoms with van der Waals surface area (Å²) in [6.45, 7) is 3.70. The molecule has 1 atom stereocenters. The Labute approximate surface area is 120 Å². The molecule has 0 bridgehead atoms. The summed E-state index contributed by atoms with van der Waals surface area (Å²) in [4.78, 5) is 13.5. The first kappa shape index (κ1) is 14.9. The van der Waals surface area contributed by atoms with Crippen LogP contribution >= 0.6 is 0 Å². The Balaban J connectivity index is 2.35. The number of ether oxygens (including phenoxy) is 1. The maximum Gasteiger partial charge on any atom is 0.335 e. The van der Waals surface area contributed by atoms with Gasteiger partial charge in [-0.25, -0.2) is 4.79 Å². The molecular weight excluding hydrogens is 254 g/mol. The fourth-order valence-corrected chi connectivity index (χ4v) is 3.01. The zero-order chi connectivity index (χ0) is 14.5. The summed E-state index contributed by atoms with van der Waals surface area (Å²) < 4.78 is 5.24. The molecule has 0 amide bonds. The monoisotopic (exact) mass is 277 g/mol. The molecule has 0 radical (unpaired) electrons. The van der Waals surface area contributed by atoms with Gasteiger partial charge in [-0.1, -0.05) is 6.92 Å². The quantitative estimate of drug-likeness (QED) is 0.897. The van der Waals surface area contributed by atoms with Crippen LogP contribution in [-0.4, -0.2) is 30.8 Å². The van der Waals surface area contributed by atoms with E-state index in [-0.39, 0.29) is 0 Å². The van der Waals surface area contributed by atoms with Crippen LogP contribution in [0.1, 0.15) is 48.5 Å². The first-order valence-electron chi connectivity index (χ1n) is 7.29. The molecule has 0 aliphatic carbocycles. The molecule has 1 fully saturated rings. The zero-order valence-electron chi connectivity index (χ0n) is 12.3. The van der Waals surface area contributed by atoms with Gasteiger partial charge in [0.1, 0.15) is 0 Å². The number of nitrogens with zero attached hydrogens (tertiary/aromatic N) is 1. The molecule has 2 rings (SSSR count). The molecule has 1 heterocycles. The normalized spacial score (nSPS) is 19.1. The van der Waals surface area contributed by atoms with E-state index in [1.54, 1.807) is 19.2 Å². The first-order valence-corrected chi connectivity index (χ1v) is 7.29. The Kier molecular flexibility index (Phi) is 5.01. The number of rotatable bonds is 5. The second-order valence-electron chi connectivity index (χ2n) is 5.33. The Morgan fingerprint density at radius 1 is 1.45 bits per heavy atom. The van der Waals surface area contributed by atoms with Gasteiger partial charge in [-0.15, -0.1) is 0 Å². The molecule has 0 saturated carbocycles. The highest BCUT2D eigenvalue weighted by Crippen LogP contribution is 2.30. The molecule has 4 nitrogen and oxygen atoms in total. The van der Waals surface area contributed by atoms with Gasteiger partial charge < -0.3 is 14.7 Å². The van der Waals surface area contributed by atoms with Crippen molar-refractivity contribution in [2.45, 2.75) is 45.3 Å². The fraction of sp³-hybridized carbons (Fsp3) is 0.562. The summed E-state index contributed by atoms with van der Waals surface area (Å²) in [5.41, 5.74) is 2.42. The van der Waals surface area contributed by atoms with Crippen molar-refractivity contribution in [1.29, 1.82) is 0 Å². The van der Waals surface area contributed by atoms with Gasteiger partial charge in [0.05, 0.1) is 12.2 Å². The fourth-order valence-electron chi connectivity index (χ4n) is 3.01. The molecule has 4 heteroatoms. The number of hydrogen-bond donors (Lipinski definition) is 1. The van der Waals surface area contributed by atoms with Crippen molar-refractivity contribution in [3.63, 3.8) is 0 Å². The third kappa shape index (κ3) is 3.12. The van der Waals surface area contributed by atoms with Gasteiger partial charge in [-0.05, 0) is 43.9 Å². The Morgan fingerprint density at radius 3 is 2.90 bits per heavy atom. The Hall–Kier alpha value is -1.55. The number of methoxy groups -OCH3 is 1. The van der Waals surface area contributed by atoms with Crippen LogP contribution in [0.15, 0.2) is 18.2 Å². The minimum Gasteiger partial charge on any atom is -0.478 e. The van der Waals surface area contributed by atoms with Gasteiger partial charge in [0, 0.05) is 30.9 Å². The van der Waals surface area contributed by atoms with Crippen molar-refractivity contribution in [2.75, 3.05) is 18.6 Å². The minimum absolute atomic E-state index is 0.325. The van der Waals surface area contributed by atoms with Crippen molar-refractivity contribution in [1.82, 2.24) is 0 Å². The van der Waals surface area contributed by atoms with Crippen LogP contribution in [0.3, 0.4) is 0 Å². The third-order valence-corrected chi connectivity index (χ3v) is 4.03. The van der Waals surface area contributed by atoms with E-state index in [1.807, 2.05) is 6.07 Å². The average molecular weight is 277 g/mol. The Morgan fingerprint density at radius 2 is 2.25 bits per heavy atom. The van der Waals surface area contributed by atoms with E-state index < -0.39 is 5.97 Å². The van der Waals surface area contributed by atoms with Crippen LogP contribution < -0.4 is 4.90 Å².